The van der Waals surface area contributed by atoms with E-state index >= 15 is 0 Å². The molecule has 1 aromatic heterocycles. The predicted octanol–water partition coefficient (Wildman–Crippen LogP) is 4.80. The molecule has 6 rings (SSSR count). The van der Waals surface area contributed by atoms with Crippen LogP contribution in [0.15, 0.2) is 54.6 Å². The summed E-state index contributed by atoms with van der Waals surface area (Å²) in [5.74, 6) is 1.26. The van der Waals surface area contributed by atoms with Crippen LogP contribution < -0.4 is 5.32 Å². The number of rotatable bonds is 7. The summed E-state index contributed by atoms with van der Waals surface area (Å²) in [6.45, 7) is 4.41. The van der Waals surface area contributed by atoms with E-state index in [-0.39, 0.29) is 17.9 Å². The van der Waals surface area contributed by atoms with Crippen molar-refractivity contribution in [2.75, 3.05) is 19.8 Å². The number of nitrogens with zero attached hydrogens (tertiary/aromatic N) is 3. The first-order chi connectivity index (χ1) is 17.2. The average Bonchev–Trinajstić information content (AvgIpc) is 3.58. The molecule has 1 amide bonds. The van der Waals surface area contributed by atoms with Crippen molar-refractivity contribution in [3.8, 4) is 0 Å². The Morgan fingerprint density at radius 2 is 1.77 bits per heavy atom. The monoisotopic (exact) mass is 472 g/mol. The summed E-state index contributed by atoms with van der Waals surface area (Å²) >= 11 is 0. The first kappa shape index (κ1) is 22.7. The molecular weight excluding hydrogens is 436 g/mol. The molecule has 4 heterocycles. The highest BCUT2D eigenvalue weighted by Gasteiger charge is 2.42. The number of aryl methyl sites for hydroxylation is 1. The maximum absolute atomic E-state index is 12.9. The van der Waals surface area contributed by atoms with Gasteiger partial charge in [0, 0.05) is 31.3 Å². The number of nitrogens with one attached hydrogen (secondary N) is 1. The third-order valence-electron chi connectivity index (χ3n) is 8.49. The molecule has 3 aliphatic rings. The highest BCUT2D eigenvalue weighted by atomic mass is 16.5. The van der Waals surface area contributed by atoms with E-state index in [1.165, 1.54) is 36.8 Å². The molecule has 3 aromatic rings. The molecule has 2 aromatic carbocycles. The average molecular weight is 473 g/mol. The van der Waals surface area contributed by atoms with Crippen LogP contribution in [0.5, 0.6) is 0 Å². The third-order valence-corrected chi connectivity index (χ3v) is 8.49. The van der Waals surface area contributed by atoms with Gasteiger partial charge in [0.15, 0.2) is 0 Å². The minimum atomic E-state index is -0.0126. The fourth-order valence-electron chi connectivity index (χ4n) is 6.76. The summed E-state index contributed by atoms with van der Waals surface area (Å²) in [6, 6.07) is 20.8. The normalized spacial score (nSPS) is 27.3. The van der Waals surface area contributed by atoms with E-state index in [0.717, 1.165) is 30.7 Å². The van der Waals surface area contributed by atoms with E-state index in [0.29, 0.717) is 31.3 Å². The number of fused-ring (bicyclic) bond motifs is 3. The Labute approximate surface area is 207 Å². The Morgan fingerprint density at radius 1 is 1.03 bits per heavy atom. The topological polar surface area (TPSA) is 59.4 Å². The Bertz CT molecular complexity index is 1160. The van der Waals surface area contributed by atoms with Crippen LogP contribution in [-0.2, 0) is 9.53 Å². The molecule has 2 bridgehead atoms. The second-order valence-corrected chi connectivity index (χ2v) is 10.6. The lowest BCUT2D eigenvalue weighted by molar-refractivity contribution is -0.125. The van der Waals surface area contributed by atoms with Crippen molar-refractivity contribution in [3.05, 3.63) is 66.0 Å². The molecule has 0 saturated carbocycles. The molecule has 0 radical (unpaired) electrons. The smallest absolute Gasteiger partial charge is 0.226 e. The number of imidazole rings is 1. The van der Waals surface area contributed by atoms with Crippen molar-refractivity contribution in [2.24, 2.45) is 5.92 Å². The Kier molecular flexibility index (Phi) is 6.33. The van der Waals surface area contributed by atoms with Crippen LogP contribution in [0.1, 0.15) is 62.0 Å². The lowest BCUT2D eigenvalue weighted by atomic mass is 9.95. The van der Waals surface area contributed by atoms with E-state index in [1.54, 1.807) is 0 Å². The maximum atomic E-state index is 12.9. The van der Waals surface area contributed by atoms with Crippen LogP contribution in [0.2, 0.25) is 0 Å². The maximum Gasteiger partial charge on any atom is 0.226 e. The number of hydrogen-bond acceptors (Lipinski definition) is 4. The van der Waals surface area contributed by atoms with Crippen molar-refractivity contribution >= 4 is 16.9 Å². The van der Waals surface area contributed by atoms with Crippen molar-refractivity contribution in [2.45, 2.75) is 69.6 Å². The summed E-state index contributed by atoms with van der Waals surface area (Å²) in [6.07, 6.45) is 6.67. The zero-order chi connectivity index (χ0) is 23.8. The molecule has 184 valence electrons. The second kappa shape index (κ2) is 9.75. The molecule has 0 aliphatic carbocycles. The number of aromatic nitrogens is 2. The second-order valence-electron chi connectivity index (χ2n) is 10.6. The van der Waals surface area contributed by atoms with Crippen molar-refractivity contribution in [3.63, 3.8) is 0 Å². The number of benzene rings is 2. The Hall–Kier alpha value is -2.70. The van der Waals surface area contributed by atoms with E-state index < -0.39 is 0 Å². The van der Waals surface area contributed by atoms with E-state index in [9.17, 15) is 4.79 Å². The number of carbonyl (C=O) groups is 1. The molecule has 0 spiro atoms. The molecule has 6 heteroatoms. The number of para-hydroxylation sites is 2. The van der Waals surface area contributed by atoms with Crippen LogP contribution in [0, 0.1) is 12.8 Å². The lowest BCUT2D eigenvalue weighted by Gasteiger charge is -2.40. The van der Waals surface area contributed by atoms with Gasteiger partial charge in [0.1, 0.15) is 5.82 Å². The van der Waals surface area contributed by atoms with Crippen LogP contribution in [0.25, 0.3) is 11.0 Å². The molecule has 1 N–H and O–H groups in total. The van der Waals surface area contributed by atoms with Gasteiger partial charge in [-0.1, -0.05) is 42.5 Å². The van der Waals surface area contributed by atoms with Crippen LogP contribution in [0.3, 0.4) is 0 Å². The lowest BCUT2D eigenvalue weighted by Crippen LogP contribution is -2.45. The van der Waals surface area contributed by atoms with Gasteiger partial charge in [-0.2, -0.15) is 0 Å². The number of amides is 1. The van der Waals surface area contributed by atoms with Gasteiger partial charge in [-0.3, -0.25) is 9.69 Å². The number of ether oxygens (including phenoxy) is 1. The summed E-state index contributed by atoms with van der Waals surface area (Å²) in [5.41, 5.74) is 3.57. The van der Waals surface area contributed by atoms with Crippen molar-refractivity contribution in [1.29, 1.82) is 0 Å². The number of piperidine rings is 1. The highest BCUT2D eigenvalue weighted by Crippen LogP contribution is 2.42. The van der Waals surface area contributed by atoms with Crippen molar-refractivity contribution < 1.29 is 9.53 Å². The van der Waals surface area contributed by atoms with Crippen LogP contribution in [0.4, 0.5) is 0 Å². The standard InChI is InChI=1S/C29H36N4O2/c1-20-30-27-9-5-6-10-28(27)33(20)25-17-23-11-12-24(18-25)32(23)15-13-26(21-7-3-2-4-8-21)31-29(34)22-14-16-35-19-22/h2-10,22-26H,11-19H2,1H3,(H,31,34)/t22?,23-,24+,25+,26-/m0/s1. The van der Waals surface area contributed by atoms with Gasteiger partial charge in [-0.05, 0) is 63.1 Å². The fraction of sp³-hybridized carbons (Fsp3) is 0.517. The fourth-order valence-corrected chi connectivity index (χ4v) is 6.76. The molecule has 5 atom stereocenters. The molecule has 1 unspecified atom stereocenters. The van der Waals surface area contributed by atoms with Gasteiger partial charge in [-0.15, -0.1) is 0 Å². The molecule has 6 nitrogen and oxygen atoms in total. The van der Waals surface area contributed by atoms with Crippen LogP contribution in [-0.4, -0.2) is 52.2 Å². The van der Waals surface area contributed by atoms with Gasteiger partial charge < -0.3 is 14.6 Å². The summed E-state index contributed by atoms with van der Waals surface area (Å²) in [4.78, 5) is 20.5. The van der Waals surface area contributed by atoms with Gasteiger partial charge in [-0.25, -0.2) is 4.98 Å². The number of hydrogen-bond donors (Lipinski definition) is 1. The number of carbonyl (C=O) groups excluding carboxylic acids is 1. The van der Waals surface area contributed by atoms with E-state index in [1.807, 2.05) is 6.07 Å². The first-order valence-corrected chi connectivity index (χ1v) is 13.3. The van der Waals surface area contributed by atoms with E-state index in [2.05, 4.69) is 70.2 Å². The molecule has 3 fully saturated rings. The Morgan fingerprint density at radius 3 is 2.51 bits per heavy atom. The summed E-state index contributed by atoms with van der Waals surface area (Å²) < 4.78 is 7.95. The van der Waals surface area contributed by atoms with Gasteiger partial charge >= 0.3 is 0 Å². The minimum absolute atomic E-state index is 0.0126. The molecule has 3 aliphatic heterocycles. The highest BCUT2D eigenvalue weighted by molar-refractivity contribution is 5.79. The third kappa shape index (κ3) is 4.50. The predicted molar refractivity (Wildman–Crippen MR) is 137 cm³/mol. The Balaban J connectivity index is 1.15. The minimum Gasteiger partial charge on any atom is -0.381 e. The summed E-state index contributed by atoms with van der Waals surface area (Å²) in [5, 5.41) is 3.37. The van der Waals surface area contributed by atoms with Crippen molar-refractivity contribution in [1.82, 2.24) is 19.8 Å². The zero-order valence-corrected chi connectivity index (χ0v) is 20.6. The molecule has 35 heavy (non-hydrogen) atoms. The SMILES string of the molecule is Cc1nc2ccccc2n1[C@H]1C[C@H]2CC[C@@H](C1)N2CC[C@H](NC(=O)C1CCOC1)c1ccccc1. The zero-order valence-electron chi connectivity index (χ0n) is 20.6. The van der Waals surface area contributed by atoms with Gasteiger partial charge in [0.2, 0.25) is 5.91 Å². The first-order valence-electron chi connectivity index (χ1n) is 13.3. The van der Waals surface area contributed by atoms with Crippen LogP contribution >= 0.6 is 0 Å². The largest absolute Gasteiger partial charge is 0.381 e. The van der Waals surface area contributed by atoms with Gasteiger partial charge in [0.05, 0.1) is 29.6 Å². The molecule has 3 saturated heterocycles. The summed E-state index contributed by atoms with van der Waals surface area (Å²) in [7, 11) is 0. The quantitative estimate of drug-likeness (QED) is 0.537. The van der Waals surface area contributed by atoms with Gasteiger partial charge in [0.25, 0.3) is 0 Å². The molecular formula is C29H36N4O2. The van der Waals surface area contributed by atoms with E-state index in [4.69, 9.17) is 9.72 Å².